The van der Waals surface area contributed by atoms with Crippen LogP contribution in [0.3, 0.4) is 0 Å². The molecule has 0 amide bonds. The number of hydrogen-bond donors (Lipinski definition) is 0. The Morgan fingerprint density at radius 3 is 1.69 bits per heavy atom. The standard InChI is InChI=1S/C48H29N5O2/c1-3-11-43-40(9-1)51-47(54-43)30-15-20-36(21-16-30)53(37-22-17-31(18-23-37)48-52-41-10-2-4-12-44(41)55-48)38-24-19-32-27-34(14-13-33(32)28-38)45-39-8-6-25-49-42(39)29-35-7-5-26-50-46(35)45/h1-29H/i27D,28D. The van der Waals surface area contributed by atoms with Gasteiger partial charge in [-0.05, 0) is 125 Å². The first-order chi connectivity index (χ1) is 28.1. The van der Waals surface area contributed by atoms with E-state index in [-0.39, 0.29) is 0 Å². The predicted octanol–water partition coefficient (Wildman–Crippen LogP) is 12.7. The van der Waals surface area contributed by atoms with Crippen molar-refractivity contribution < 1.29 is 11.6 Å². The summed E-state index contributed by atoms with van der Waals surface area (Å²) in [5, 5.41) is 3.21. The first kappa shape index (κ1) is 28.9. The SMILES string of the molecule is [2H]c1c(-c2c3cccnc3cc3cccnc23)ccc2c([2H])c(N(c3ccc(-c4nc5ccccc5o4)cc3)c3ccc(-c4nc5ccccc5o4)cc3)ccc12. The van der Waals surface area contributed by atoms with E-state index in [0.29, 0.717) is 40.3 Å². The summed E-state index contributed by atoms with van der Waals surface area (Å²) in [4.78, 5) is 20.8. The third kappa shape index (κ3) is 5.37. The molecular weight excluding hydrogens is 679 g/mol. The van der Waals surface area contributed by atoms with Crippen LogP contribution < -0.4 is 4.90 Å². The molecule has 0 unspecified atom stereocenters. The van der Waals surface area contributed by atoms with Gasteiger partial charge in [0.05, 0.1) is 13.8 Å². The Morgan fingerprint density at radius 2 is 1.02 bits per heavy atom. The van der Waals surface area contributed by atoms with Crippen LogP contribution in [0.1, 0.15) is 2.74 Å². The third-order valence-electron chi connectivity index (χ3n) is 9.97. The molecule has 11 rings (SSSR count). The van der Waals surface area contributed by atoms with Gasteiger partial charge in [-0.1, -0.05) is 54.6 Å². The van der Waals surface area contributed by atoms with Crippen LogP contribution in [0, 0.1) is 0 Å². The number of hydrogen-bond acceptors (Lipinski definition) is 7. The monoisotopic (exact) mass is 709 g/mol. The molecule has 0 fully saturated rings. The summed E-state index contributed by atoms with van der Waals surface area (Å²) in [6.07, 6.45) is 3.56. The number of rotatable bonds is 6. The largest absolute Gasteiger partial charge is 0.436 e. The second-order valence-corrected chi connectivity index (χ2v) is 13.3. The molecule has 0 saturated heterocycles. The Kier molecular flexibility index (Phi) is 6.56. The highest BCUT2D eigenvalue weighted by atomic mass is 16.4. The molecule has 0 atom stereocenters. The Balaban J connectivity index is 1.05. The van der Waals surface area contributed by atoms with Crippen molar-refractivity contribution in [3.8, 4) is 34.0 Å². The number of oxazole rings is 2. The van der Waals surface area contributed by atoms with Crippen molar-refractivity contribution in [1.82, 2.24) is 19.9 Å². The minimum absolute atomic E-state index is 0.293. The molecule has 4 aromatic heterocycles. The summed E-state index contributed by atoms with van der Waals surface area (Å²) in [5.74, 6) is 1.07. The third-order valence-corrected chi connectivity index (χ3v) is 9.97. The molecule has 7 nitrogen and oxygen atoms in total. The van der Waals surface area contributed by atoms with E-state index in [2.05, 4.69) is 9.88 Å². The highest BCUT2D eigenvalue weighted by Gasteiger charge is 2.18. The van der Waals surface area contributed by atoms with Crippen molar-refractivity contribution in [2.75, 3.05) is 4.90 Å². The van der Waals surface area contributed by atoms with Gasteiger partial charge in [0.25, 0.3) is 0 Å². The van der Waals surface area contributed by atoms with Crippen LogP contribution in [0.15, 0.2) is 185 Å². The number of fused-ring (bicyclic) bond motifs is 5. The van der Waals surface area contributed by atoms with E-state index in [4.69, 9.17) is 23.8 Å². The lowest BCUT2D eigenvalue weighted by Gasteiger charge is -2.26. The molecule has 7 aromatic carbocycles. The topological polar surface area (TPSA) is 81.1 Å². The zero-order valence-electron chi connectivity index (χ0n) is 31.1. The van der Waals surface area contributed by atoms with Gasteiger partial charge < -0.3 is 13.7 Å². The van der Waals surface area contributed by atoms with Gasteiger partial charge in [-0.15, -0.1) is 0 Å². The molecule has 0 radical (unpaired) electrons. The summed E-state index contributed by atoms with van der Waals surface area (Å²) in [5.41, 5.74) is 10.3. The number of anilines is 3. The Bertz CT molecular complexity index is 3100. The highest BCUT2D eigenvalue weighted by molar-refractivity contribution is 6.11. The lowest BCUT2D eigenvalue weighted by atomic mass is 9.95. The average molecular weight is 710 g/mol. The second-order valence-electron chi connectivity index (χ2n) is 13.3. The quantitative estimate of drug-likeness (QED) is 0.159. The molecule has 11 aromatic rings. The summed E-state index contributed by atoms with van der Waals surface area (Å²) in [6.45, 7) is 0. The molecule has 0 bridgehead atoms. The van der Waals surface area contributed by atoms with Crippen LogP contribution in [0.4, 0.5) is 17.1 Å². The van der Waals surface area contributed by atoms with E-state index in [1.165, 1.54) is 0 Å². The molecule has 0 aliphatic rings. The van der Waals surface area contributed by atoms with Gasteiger partial charge in [0.2, 0.25) is 11.8 Å². The number of para-hydroxylation sites is 4. The van der Waals surface area contributed by atoms with Crippen LogP contribution in [0.5, 0.6) is 0 Å². The maximum absolute atomic E-state index is 9.68. The van der Waals surface area contributed by atoms with Gasteiger partial charge in [-0.2, -0.15) is 0 Å². The Morgan fingerprint density at radius 1 is 0.455 bits per heavy atom. The minimum Gasteiger partial charge on any atom is -0.436 e. The van der Waals surface area contributed by atoms with Crippen LogP contribution in [0.2, 0.25) is 0 Å². The van der Waals surface area contributed by atoms with Gasteiger partial charge in [-0.25, -0.2) is 9.97 Å². The number of pyridine rings is 2. The van der Waals surface area contributed by atoms with Gasteiger partial charge in [0.15, 0.2) is 11.2 Å². The van der Waals surface area contributed by atoms with Crippen molar-refractivity contribution in [2.24, 2.45) is 0 Å². The molecule has 55 heavy (non-hydrogen) atoms. The van der Waals surface area contributed by atoms with Crippen LogP contribution >= 0.6 is 0 Å². The van der Waals surface area contributed by atoms with Crippen molar-refractivity contribution in [3.05, 3.63) is 176 Å². The molecule has 0 spiro atoms. The van der Waals surface area contributed by atoms with Crippen LogP contribution in [0.25, 0.3) is 88.8 Å². The molecule has 0 saturated carbocycles. The summed E-state index contributed by atoms with van der Waals surface area (Å²) >= 11 is 0. The summed E-state index contributed by atoms with van der Waals surface area (Å²) in [7, 11) is 0. The van der Waals surface area contributed by atoms with Crippen molar-refractivity contribution >= 4 is 71.8 Å². The number of benzene rings is 7. The van der Waals surface area contributed by atoms with Crippen molar-refractivity contribution in [3.63, 3.8) is 0 Å². The molecule has 0 N–H and O–H groups in total. The smallest absolute Gasteiger partial charge is 0.227 e. The molecule has 7 heteroatoms. The average Bonchev–Trinajstić information content (AvgIpc) is 3.90. The molecule has 4 heterocycles. The lowest BCUT2D eigenvalue weighted by molar-refractivity contribution is 0.619. The number of nitrogens with zero attached hydrogens (tertiary/aromatic N) is 5. The van der Waals surface area contributed by atoms with Gasteiger partial charge in [-0.3, -0.25) is 9.97 Å². The normalized spacial score (nSPS) is 12.1. The van der Waals surface area contributed by atoms with Gasteiger partial charge in [0.1, 0.15) is 11.0 Å². The van der Waals surface area contributed by atoms with E-state index in [0.717, 1.165) is 77.6 Å². The number of aromatic nitrogens is 4. The van der Waals surface area contributed by atoms with E-state index >= 15 is 0 Å². The van der Waals surface area contributed by atoms with Gasteiger partial charge in [0, 0.05) is 56.9 Å². The molecule has 0 aliphatic carbocycles. The Hall–Kier alpha value is -7.64. The molecule has 258 valence electrons. The van der Waals surface area contributed by atoms with E-state index in [1.54, 1.807) is 12.4 Å². The minimum atomic E-state index is 0.293. The van der Waals surface area contributed by atoms with E-state index < -0.39 is 0 Å². The fourth-order valence-electron chi connectivity index (χ4n) is 7.33. The maximum Gasteiger partial charge on any atom is 0.227 e. The van der Waals surface area contributed by atoms with Gasteiger partial charge >= 0.3 is 0 Å². The summed E-state index contributed by atoms with van der Waals surface area (Å²) in [6, 6.07) is 49.7. The molecule has 0 aliphatic heterocycles. The fourth-order valence-corrected chi connectivity index (χ4v) is 7.33. The fraction of sp³-hybridized carbons (Fsp3) is 0. The van der Waals surface area contributed by atoms with Crippen molar-refractivity contribution in [2.45, 2.75) is 0 Å². The zero-order chi connectivity index (χ0) is 38.0. The second kappa shape index (κ2) is 12.5. The van der Waals surface area contributed by atoms with Crippen LogP contribution in [-0.4, -0.2) is 19.9 Å². The van der Waals surface area contributed by atoms with E-state index in [1.807, 2.05) is 152 Å². The highest BCUT2D eigenvalue weighted by Crippen LogP contribution is 2.40. The maximum atomic E-state index is 9.68. The predicted molar refractivity (Wildman–Crippen MR) is 221 cm³/mol. The zero-order valence-corrected chi connectivity index (χ0v) is 29.1. The van der Waals surface area contributed by atoms with E-state index in [9.17, 15) is 2.74 Å². The van der Waals surface area contributed by atoms with Crippen molar-refractivity contribution in [1.29, 1.82) is 0 Å². The Labute approximate surface area is 317 Å². The lowest BCUT2D eigenvalue weighted by Crippen LogP contribution is -2.09. The first-order valence-electron chi connectivity index (χ1n) is 19.0. The molecular formula is C48H29N5O2. The first-order valence-corrected chi connectivity index (χ1v) is 18.0. The summed E-state index contributed by atoms with van der Waals surface area (Å²) < 4.78 is 31.4. The van der Waals surface area contributed by atoms with Crippen LogP contribution in [-0.2, 0) is 0 Å².